The van der Waals surface area contributed by atoms with Gasteiger partial charge in [0.15, 0.2) is 0 Å². The van der Waals surface area contributed by atoms with Gasteiger partial charge in [0.05, 0.1) is 0 Å². The van der Waals surface area contributed by atoms with Gasteiger partial charge in [-0.3, -0.25) is 0 Å². The number of hydrogen-bond acceptors (Lipinski definition) is 4. The lowest BCUT2D eigenvalue weighted by atomic mass is 10.1. The number of alkyl halides is 1. The molecular weight excluding hydrogens is 322 g/mol. The highest BCUT2D eigenvalue weighted by Gasteiger charge is 2.31. The predicted octanol–water partition coefficient (Wildman–Crippen LogP) is 3.39. The molecule has 3 nitrogen and oxygen atoms in total. The van der Waals surface area contributed by atoms with Gasteiger partial charge in [-0.2, -0.15) is 16.1 Å². The van der Waals surface area contributed by atoms with Crippen molar-refractivity contribution >= 4 is 44.7 Å². The van der Waals surface area contributed by atoms with E-state index in [2.05, 4.69) is 13.8 Å². The Bertz CT molecular complexity index is 539. The van der Waals surface area contributed by atoms with E-state index in [4.69, 9.17) is 11.6 Å². The average Bonchev–Trinajstić information content (AvgIpc) is 2.75. The lowest BCUT2D eigenvalue weighted by molar-refractivity contribution is 0.416. The zero-order valence-corrected chi connectivity index (χ0v) is 14.3. The van der Waals surface area contributed by atoms with E-state index < -0.39 is 10.0 Å². The Morgan fingerprint density at radius 1 is 1.42 bits per heavy atom. The average molecular weight is 340 g/mol. The second-order valence-corrected chi connectivity index (χ2v) is 10.3. The topological polar surface area (TPSA) is 37.4 Å². The minimum Gasteiger partial charge on any atom is -0.206 e. The fourth-order valence-electron chi connectivity index (χ4n) is 1.93. The van der Waals surface area contributed by atoms with Crippen molar-refractivity contribution < 1.29 is 8.42 Å². The second kappa shape index (κ2) is 5.93. The summed E-state index contributed by atoms with van der Waals surface area (Å²) in [5.74, 6) is 1.20. The first-order chi connectivity index (χ1) is 8.85. The molecule has 2 rings (SSSR count). The summed E-state index contributed by atoms with van der Waals surface area (Å²) < 4.78 is 27.3. The SMILES string of the molecule is CC1(C)CCN(S(=O)(=O)c2cc(CCl)cs2)CCS1. The monoisotopic (exact) mass is 339 g/mol. The molecule has 0 spiro atoms. The summed E-state index contributed by atoms with van der Waals surface area (Å²) >= 11 is 8.84. The number of sulfonamides is 1. The van der Waals surface area contributed by atoms with E-state index in [1.807, 2.05) is 17.1 Å². The molecular formula is C12H18ClNO2S3. The van der Waals surface area contributed by atoms with Crippen LogP contribution in [0.1, 0.15) is 25.8 Å². The summed E-state index contributed by atoms with van der Waals surface area (Å²) in [6.45, 7) is 5.52. The molecule has 108 valence electrons. The summed E-state index contributed by atoms with van der Waals surface area (Å²) in [5.41, 5.74) is 0.870. The van der Waals surface area contributed by atoms with Gasteiger partial charge in [0.2, 0.25) is 0 Å². The lowest BCUT2D eigenvalue weighted by Gasteiger charge is -2.22. The highest BCUT2D eigenvalue weighted by atomic mass is 35.5. The van der Waals surface area contributed by atoms with E-state index >= 15 is 0 Å². The van der Waals surface area contributed by atoms with Gasteiger partial charge in [0, 0.05) is 29.5 Å². The summed E-state index contributed by atoms with van der Waals surface area (Å²) in [7, 11) is -3.34. The third kappa shape index (κ3) is 3.67. The molecule has 0 radical (unpaired) electrons. The Balaban J connectivity index is 2.20. The first-order valence-electron chi connectivity index (χ1n) is 6.13. The van der Waals surface area contributed by atoms with Crippen LogP contribution >= 0.6 is 34.7 Å². The van der Waals surface area contributed by atoms with Gasteiger partial charge < -0.3 is 0 Å². The van der Waals surface area contributed by atoms with Crippen LogP contribution in [0.2, 0.25) is 0 Å². The molecule has 1 aliphatic rings. The van der Waals surface area contributed by atoms with Crippen molar-refractivity contribution in [2.75, 3.05) is 18.8 Å². The van der Waals surface area contributed by atoms with E-state index in [1.165, 1.54) is 11.3 Å². The summed E-state index contributed by atoms with van der Waals surface area (Å²) in [6.07, 6.45) is 0.880. The largest absolute Gasteiger partial charge is 0.252 e. The minimum atomic E-state index is -3.34. The van der Waals surface area contributed by atoms with Crippen LogP contribution in [0.25, 0.3) is 0 Å². The number of nitrogens with zero attached hydrogens (tertiary/aromatic N) is 1. The van der Waals surface area contributed by atoms with Crippen LogP contribution in [-0.2, 0) is 15.9 Å². The van der Waals surface area contributed by atoms with Crippen molar-refractivity contribution in [3.8, 4) is 0 Å². The first kappa shape index (κ1) is 15.6. The molecule has 1 fully saturated rings. The van der Waals surface area contributed by atoms with Crippen molar-refractivity contribution in [3.63, 3.8) is 0 Å². The van der Waals surface area contributed by atoms with Crippen molar-refractivity contribution in [3.05, 3.63) is 17.0 Å². The maximum atomic E-state index is 12.6. The Morgan fingerprint density at radius 3 is 2.79 bits per heavy atom. The Kier molecular flexibility index (Phi) is 4.88. The zero-order chi connectivity index (χ0) is 14.1. The highest BCUT2D eigenvalue weighted by molar-refractivity contribution is 8.00. The zero-order valence-electron chi connectivity index (χ0n) is 11.1. The maximum Gasteiger partial charge on any atom is 0.252 e. The van der Waals surface area contributed by atoms with Crippen molar-refractivity contribution in [2.24, 2.45) is 0 Å². The van der Waals surface area contributed by atoms with Crippen LogP contribution in [0.15, 0.2) is 15.7 Å². The summed E-state index contributed by atoms with van der Waals surface area (Å²) in [4.78, 5) is 0. The van der Waals surface area contributed by atoms with E-state index in [0.29, 0.717) is 23.2 Å². The molecule has 0 saturated carbocycles. The van der Waals surface area contributed by atoms with Crippen LogP contribution in [0, 0.1) is 0 Å². The van der Waals surface area contributed by atoms with Crippen LogP contribution in [0.4, 0.5) is 0 Å². The molecule has 1 aromatic rings. The van der Waals surface area contributed by atoms with Crippen LogP contribution < -0.4 is 0 Å². The highest BCUT2D eigenvalue weighted by Crippen LogP contribution is 2.33. The standard InChI is InChI=1S/C12H18ClNO2S3/c1-12(2)3-4-14(5-6-18-12)19(15,16)11-7-10(8-13)9-17-11/h7,9H,3-6,8H2,1-2H3. The molecule has 0 aromatic carbocycles. The van der Waals surface area contributed by atoms with E-state index in [0.717, 1.165) is 17.7 Å². The van der Waals surface area contributed by atoms with Crippen LogP contribution in [0.5, 0.6) is 0 Å². The third-order valence-corrected chi connectivity index (χ3v) is 8.22. The van der Waals surface area contributed by atoms with Crippen LogP contribution in [0.3, 0.4) is 0 Å². The van der Waals surface area contributed by atoms with E-state index in [9.17, 15) is 8.42 Å². The van der Waals surface area contributed by atoms with E-state index in [1.54, 1.807) is 10.4 Å². The molecule has 1 aromatic heterocycles. The number of rotatable bonds is 3. The predicted molar refractivity (Wildman–Crippen MR) is 83.8 cm³/mol. The molecule has 0 N–H and O–H groups in total. The Morgan fingerprint density at radius 2 is 2.16 bits per heavy atom. The molecule has 7 heteroatoms. The summed E-state index contributed by atoms with van der Waals surface area (Å²) in [6, 6.07) is 1.69. The molecule has 2 heterocycles. The van der Waals surface area contributed by atoms with Gasteiger partial charge in [0.1, 0.15) is 4.21 Å². The van der Waals surface area contributed by atoms with Gasteiger partial charge >= 0.3 is 0 Å². The normalized spacial score (nSPS) is 21.2. The molecule has 0 atom stereocenters. The number of thiophene rings is 1. The van der Waals surface area contributed by atoms with Gasteiger partial charge in [0.25, 0.3) is 10.0 Å². The smallest absolute Gasteiger partial charge is 0.206 e. The molecule has 0 unspecified atom stereocenters. The van der Waals surface area contributed by atoms with Gasteiger partial charge in [-0.1, -0.05) is 13.8 Å². The Hall–Kier alpha value is 0.250. The molecule has 1 aliphatic heterocycles. The minimum absolute atomic E-state index is 0.154. The molecule has 0 amide bonds. The lowest BCUT2D eigenvalue weighted by Crippen LogP contribution is -2.33. The van der Waals surface area contributed by atoms with E-state index in [-0.39, 0.29) is 4.75 Å². The number of thioether (sulfide) groups is 1. The quantitative estimate of drug-likeness (QED) is 0.792. The van der Waals surface area contributed by atoms with Gasteiger partial charge in [-0.15, -0.1) is 22.9 Å². The van der Waals surface area contributed by atoms with Crippen molar-refractivity contribution in [1.82, 2.24) is 4.31 Å². The third-order valence-electron chi connectivity index (χ3n) is 3.17. The first-order valence-corrected chi connectivity index (χ1v) is 9.97. The molecule has 1 saturated heterocycles. The van der Waals surface area contributed by atoms with Gasteiger partial charge in [-0.25, -0.2) is 8.42 Å². The van der Waals surface area contributed by atoms with Crippen molar-refractivity contribution in [1.29, 1.82) is 0 Å². The molecule has 0 bridgehead atoms. The molecule has 19 heavy (non-hydrogen) atoms. The fourth-order valence-corrected chi connectivity index (χ4v) is 6.19. The summed E-state index contributed by atoms with van der Waals surface area (Å²) in [5, 5.41) is 1.82. The van der Waals surface area contributed by atoms with Crippen molar-refractivity contribution in [2.45, 2.75) is 35.1 Å². The van der Waals surface area contributed by atoms with Gasteiger partial charge in [-0.05, 0) is 23.4 Å². The fraction of sp³-hybridized carbons (Fsp3) is 0.667. The number of halogens is 1. The van der Waals surface area contributed by atoms with Crippen LogP contribution in [-0.4, -0.2) is 36.3 Å². The second-order valence-electron chi connectivity index (χ2n) is 5.17. The maximum absolute atomic E-state index is 12.6. The molecule has 0 aliphatic carbocycles. The Labute approximate surface area is 128 Å². The number of hydrogen-bond donors (Lipinski definition) is 0.